The second-order valence-electron chi connectivity index (χ2n) is 5.63. The Kier molecular flexibility index (Phi) is 4.55. The summed E-state index contributed by atoms with van der Waals surface area (Å²) in [5.41, 5.74) is 2.59. The summed E-state index contributed by atoms with van der Waals surface area (Å²) in [7, 11) is 0. The largest absolute Gasteiger partial charge is 0.478 e. The first-order valence-corrected chi connectivity index (χ1v) is 8.09. The number of hydrogen-bond donors (Lipinski definition) is 2. The summed E-state index contributed by atoms with van der Waals surface area (Å²) in [6.07, 6.45) is 6.18. The van der Waals surface area contributed by atoms with Crippen molar-refractivity contribution < 1.29 is 9.90 Å². The van der Waals surface area contributed by atoms with Crippen molar-refractivity contribution in [1.82, 2.24) is 10.3 Å². The van der Waals surface area contributed by atoms with Crippen LogP contribution in [0, 0.1) is 5.92 Å². The molecule has 3 rings (SSSR count). The molecule has 1 aromatic heterocycles. The van der Waals surface area contributed by atoms with Crippen LogP contribution in [0.3, 0.4) is 0 Å². The quantitative estimate of drug-likeness (QED) is 0.822. The Morgan fingerprint density at radius 3 is 2.64 bits per heavy atom. The van der Waals surface area contributed by atoms with Gasteiger partial charge in [0.05, 0.1) is 5.56 Å². The van der Waals surface area contributed by atoms with Crippen LogP contribution in [0.5, 0.6) is 0 Å². The Morgan fingerprint density at radius 1 is 1.32 bits per heavy atom. The highest BCUT2D eigenvalue weighted by Crippen LogP contribution is 2.41. The van der Waals surface area contributed by atoms with E-state index in [1.807, 2.05) is 18.3 Å². The molecule has 1 aromatic carbocycles. The molecular formula is C17H17BrN2O2. The molecule has 22 heavy (non-hydrogen) atoms. The number of aromatic nitrogens is 1. The maximum atomic E-state index is 10.9. The zero-order valence-corrected chi connectivity index (χ0v) is 13.6. The van der Waals surface area contributed by atoms with Gasteiger partial charge in [0, 0.05) is 29.5 Å². The van der Waals surface area contributed by atoms with Gasteiger partial charge in [-0.2, -0.15) is 0 Å². The Bertz CT molecular complexity index is 669. The van der Waals surface area contributed by atoms with Gasteiger partial charge in [-0.05, 0) is 64.0 Å². The van der Waals surface area contributed by atoms with Crippen LogP contribution in [-0.2, 0) is 6.54 Å². The molecule has 0 bridgehead atoms. The molecule has 1 aliphatic carbocycles. The van der Waals surface area contributed by atoms with Gasteiger partial charge >= 0.3 is 5.97 Å². The fourth-order valence-corrected chi connectivity index (χ4v) is 2.96. The molecule has 1 saturated carbocycles. The molecule has 1 atom stereocenters. The van der Waals surface area contributed by atoms with Gasteiger partial charge in [0.25, 0.3) is 0 Å². The zero-order chi connectivity index (χ0) is 15.5. The van der Waals surface area contributed by atoms with Crippen molar-refractivity contribution in [3.63, 3.8) is 0 Å². The van der Waals surface area contributed by atoms with E-state index in [0.717, 1.165) is 10.0 Å². The lowest BCUT2D eigenvalue weighted by Crippen LogP contribution is -2.22. The van der Waals surface area contributed by atoms with E-state index >= 15 is 0 Å². The Hall–Kier alpha value is -1.72. The molecule has 1 fully saturated rings. The predicted molar refractivity (Wildman–Crippen MR) is 87.6 cm³/mol. The molecule has 5 heteroatoms. The fourth-order valence-electron chi connectivity index (χ4n) is 2.58. The summed E-state index contributed by atoms with van der Waals surface area (Å²) in [6.45, 7) is 0.716. The van der Waals surface area contributed by atoms with Crippen LogP contribution in [-0.4, -0.2) is 16.1 Å². The lowest BCUT2D eigenvalue weighted by molar-refractivity contribution is 0.0697. The topological polar surface area (TPSA) is 62.2 Å². The van der Waals surface area contributed by atoms with Gasteiger partial charge in [-0.3, -0.25) is 4.98 Å². The van der Waals surface area contributed by atoms with Crippen molar-refractivity contribution in [3.05, 3.63) is 63.9 Å². The summed E-state index contributed by atoms with van der Waals surface area (Å²) < 4.78 is 0.989. The normalized spacial score (nSPS) is 15.5. The molecular weight excluding hydrogens is 344 g/mol. The first-order valence-electron chi connectivity index (χ1n) is 7.29. The Morgan fingerprint density at radius 2 is 2.05 bits per heavy atom. The van der Waals surface area contributed by atoms with Gasteiger partial charge in [0.2, 0.25) is 0 Å². The van der Waals surface area contributed by atoms with Crippen LogP contribution in [0.4, 0.5) is 0 Å². The number of halogens is 1. The monoisotopic (exact) mass is 360 g/mol. The van der Waals surface area contributed by atoms with Crippen LogP contribution in [0.2, 0.25) is 0 Å². The molecule has 0 radical (unpaired) electrons. The van der Waals surface area contributed by atoms with Crippen LogP contribution >= 0.6 is 15.9 Å². The summed E-state index contributed by atoms with van der Waals surface area (Å²) in [5, 5.41) is 12.5. The molecule has 0 saturated heterocycles. The first-order chi connectivity index (χ1) is 10.6. The fraction of sp³-hybridized carbons (Fsp3) is 0.294. The van der Waals surface area contributed by atoms with Crippen molar-refractivity contribution in [1.29, 1.82) is 0 Å². The van der Waals surface area contributed by atoms with Crippen molar-refractivity contribution in [2.24, 2.45) is 5.92 Å². The minimum atomic E-state index is -0.893. The summed E-state index contributed by atoms with van der Waals surface area (Å²) >= 11 is 3.47. The first kappa shape index (κ1) is 15.2. The van der Waals surface area contributed by atoms with E-state index in [1.54, 1.807) is 18.3 Å². The molecule has 1 heterocycles. The number of nitrogens with one attached hydrogen (secondary N) is 1. The third-order valence-electron chi connectivity index (χ3n) is 3.91. The Balaban J connectivity index is 1.68. The van der Waals surface area contributed by atoms with E-state index in [-0.39, 0.29) is 0 Å². The molecule has 114 valence electrons. The number of carbonyl (C=O) groups is 1. The highest BCUT2D eigenvalue weighted by molar-refractivity contribution is 9.10. The van der Waals surface area contributed by atoms with Crippen LogP contribution in [0.1, 0.15) is 40.4 Å². The second-order valence-corrected chi connectivity index (χ2v) is 6.55. The molecule has 0 spiro atoms. The molecule has 2 aromatic rings. The lowest BCUT2D eigenvalue weighted by Gasteiger charge is -2.19. The number of carboxylic acids is 1. The van der Waals surface area contributed by atoms with Crippen LogP contribution in [0.25, 0.3) is 0 Å². The maximum Gasteiger partial charge on any atom is 0.335 e. The number of carboxylic acid groups (broad SMARTS) is 1. The molecule has 0 amide bonds. The van der Waals surface area contributed by atoms with Gasteiger partial charge < -0.3 is 10.4 Å². The maximum absolute atomic E-state index is 10.9. The van der Waals surface area contributed by atoms with Crippen LogP contribution in [0.15, 0.2) is 47.2 Å². The third kappa shape index (κ3) is 3.72. The van der Waals surface area contributed by atoms with Crippen molar-refractivity contribution >= 4 is 21.9 Å². The number of aromatic carboxylic acids is 1. The molecule has 4 nitrogen and oxygen atoms in total. The van der Waals surface area contributed by atoms with Gasteiger partial charge in [-0.25, -0.2) is 4.79 Å². The second kappa shape index (κ2) is 6.58. The van der Waals surface area contributed by atoms with E-state index in [4.69, 9.17) is 5.11 Å². The van der Waals surface area contributed by atoms with Gasteiger partial charge in [-0.1, -0.05) is 12.1 Å². The number of rotatable bonds is 6. The number of pyridine rings is 1. The summed E-state index contributed by atoms with van der Waals surface area (Å²) in [5.74, 6) is -0.232. The van der Waals surface area contributed by atoms with E-state index in [9.17, 15) is 4.79 Å². The van der Waals surface area contributed by atoms with E-state index < -0.39 is 5.97 Å². The minimum absolute atomic E-state index is 0.296. The average molecular weight is 361 g/mol. The average Bonchev–Trinajstić information content (AvgIpc) is 3.33. The van der Waals surface area contributed by atoms with E-state index in [2.05, 4.69) is 32.3 Å². The number of hydrogen-bond acceptors (Lipinski definition) is 3. The standard InChI is InChI=1S/C17H17BrN2O2/c18-15-7-14(9-19-10-15)16(12-5-6-12)20-8-11-1-3-13(4-2-11)17(21)22/h1-4,7,9-10,12,16,20H,5-6,8H2,(H,21,22). The molecule has 1 unspecified atom stereocenters. The highest BCUT2D eigenvalue weighted by atomic mass is 79.9. The molecule has 1 aliphatic rings. The van der Waals surface area contributed by atoms with Crippen molar-refractivity contribution in [2.75, 3.05) is 0 Å². The summed E-state index contributed by atoms with van der Waals surface area (Å²) in [4.78, 5) is 15.1. The predicted octanol–water partition coefficient (Wildman–Crippen LogP) is 3.78. The number of nitrogens with zero attached hydrogens (tertiary/aromatic N) is 1. The summed E-state index contributed by atoms with van der Waals surface area (Å²) in [6, 6.07) is 9.41. The molecule has 2 N–H and O–H groups in total. The van der Waals surface area contributed by atoms with E-state index in [1.165, 1.54) is 18.4 Å². The molecule has 0 aliphatic heterocycles. The lowest BCUT2D eigenvalue weighted by atomic mass is 10.0. The van der Waals surface area contributed by atoms with Crippen molar-refractivity contribution in [3.8, 4) is 0 Å². The van der Waals surface area contributed by atoms with Crippen molar-refractivity contribution in [2.45, 2.75) is 25.4 Å². The smallest absolute Gasteiger partial charge is 0.335 e. The number of benzene rings is 1. The highest BCUT2D eigenvalue weighted by Gasteiger charge is 2.32. The van der Waals surface area contributed by atoms with Gasteiger partial charge in [-0.15, -0.1) is 0 Å². The Labute approximate surface area is 137 Å². The van der Waals surface area contributed by atoms with Gasteiger partial charge in [0.15, 0.2) is 0 Å². The third-order valence-corrected chi connectivity index (χ3v) is 4.34. The van der Waals surface area contributed by atoms with E-state index in [0.29, 0.717) is 24.1 Å². The minimum Gasteiger partial charge on any atom is -0.478 e. The zero-order valence-electron chi connectivity index (χ0n) is 12.0. The SMILES string of the molecule is O=C(O)c1ccc(CNC(c2cncc(Br)c2)C2CC2)cc1. The van der Waals surface area contributed by atoms with Gasteiger partial charge in [0.1, 0.15) is 0 Å². The van der Waals surface area contributed by atoms with Crippen LogP contribution < -0.4 is 5.32 Å².